The molecule has 0 atom stereocenters. The molecule has 0 fully saturated rings. The van der Waals surface area contributed by atoms with Gasteiger partial charge in [-0.3, -0.25) is 0 Å². The second kappa shape index (κ2) is 6.76. The molecule has 0 radical (unpaired) electrons. The standard InChI is InChI=1S/C12H20O/c1-2-3-7-10-13-11-12-8-5-4-6-9-12/h5,8,11H,2-4,6-7,9-10H2,1H3. The van der Waals surface area contributed by atoms with Crippen molar-refractivity contribution in [2.45, 2.75) is 45.4 Å². The molecule has 13 heavy (non-hydrogen) atoms. The Bertz CT molecular complexity index is 180. The summed E-state index contributed by atoms with van der Waals surface area (Å²) in [5, 5.41) is 0. The van der Waals surface area contributed by atoms with Gasteiger partial charge in [0.05, 0.1) is 12.9 Å². The molecule has 74 valence electrons. The molecule has 0 heterocycles. The summed E-state index contributed by atoms with van der Waals surface area (Å²) in [6.07, 6.45) is 13.8. The van der Waals surface area contributed by atoms with E-state index in [1.807, 2.05) is 6.26 Å². The molecule has 1 nitrogen and oxygen atoms in total. The van der Waals surface area contributed by atoms with Crippen LogP contribution in [0, 0.1) is 0 Å². The summed E-state index contributed by atoms with van der Waals surface area (Å²) in [6, 6.07) is 0. The van der Waals surface area contributed by atoms with E-state index in [-0.39, 0.29) is 0 Å². The van der Waals surface area contributed by atoms with Crippen molar-refractivity contribution < 1.29 is 4.74 Å². The summed E-state index contributed by atoms with van der Waals surface area (Å²) < 4.78 is 5.46. The van der Waals surface area contributed by atoms with Gasteiger partial charge in [0.15, 0.2) is 0 Å². The van der Waals surface area contributed by atoms with Gasteiger partial charge in [-0.1, -0.05) is 31.9 Å². The summed E-state index contributed by atoms with van der Waals surface area (Å²) in [5.74, 6) is 0. The van der Waals surface area contributed by atoms with Gasteiger partial charge in [0, 0.05) is 0 Å². The van der Waals surface area contributed by atoms with Crippen LogP contribution in [-0.4, -0.2) is 6.61 Å². The van der Waals surface area contributed by atoms with Crippen LogP contribution < -0.4 is 0 Å². The zero-order valence-electron chi connectivity index (χ0n) is 8.59. The largest absolute Gasteiger partial charge is 0.501 e. The minimum absolute atomic E-state index is 0.880. The van der Waals surface area contributed by atoms with Gasteiger partial charge in [0.2, 0.25) is 0 Å². The molecule has 0 amide bonds. The predicted octanol–water partition coefficient (Wildman–Crippen LogP) is 3.82. The van der Waals surface area contributed by atoms with Crippen molar-refractivity contribution in [1.29, 1.82) is 0 Å². The first kappa shape index (κ1) is 10.4. The molecule has 0 spiro atoms. The molecule has 0 aromatic heterocycles. The monoisotopic (exact) mass is 180 g/mol. The molecule has 0 aromatic rings. The third-order valence-electron chi connectivity index (χ3n) is 2.27. The quantitative estimate of drug-likeness (QED) is 0.461. The molecule has 1 aliphatic rings. The molecule has 0 aliphatic heterocycles. The van der Waals surface area contributed by atoms with Crippen LogP contribution in [0.4, 0.5) is 0 Å². The molecule has 0 saturated carbocycles. The van der Waals surface area contributed by atoms with Gasteiger partial charge >= 0.3 is 0 Å². The first-order valence-corrected chi connectivity index (χ1v) is 5.40. The topological polar surface area (TPSA) is 9.23 Å². The molecule has 0 aromatic carbocycles. The van der Waals surface area contributed by atoms with E-state index >= 15 is 0 Å². The van der Waals surface area contributed by atoms with Crippen molar-refractivity contribution in [1.82, 2.24) is 0 Å². The summed E-state index contributed by atoms with van der Waals surface area (Å²) >= 11 is 0. The van der Waals surface area contributed by atoms with Gasteiger partial charge in [-0.25, -0.2) is 0 Å². The average molecular weight is 180 g/mol. The number of ether oxygens (including phenoxy) is 1. The van der Waals surface area contributed by atoms with Crippen molar-refractivity contribution in [2.24, 2.45) is 0 Å². The normalized spacial score (nSPS) is 19.3. The van der Waals surface area contributed by atoms with Crippen LogP contribution in [0.15, 0.2) is 24.0 Å². The van der Waals surface area contributed by atoms with Crippen LogP contribution in [0.1, 0.15) is 45.4 Å². The predicted molar refractivity (Wildman–Crippen MR) is 56.6 cm³/mol. The van der Waals surface area contributed by atoms with E-state index in [9.17, 15) is 0 Å². The van der Waals surface area contributed by atoms with Crippen LogP contribution in [0.25, 0.3) is 0 Å². The van der Waals surface area contributed by atoms with E-state index in [1.54, 1.807) is 0 Å². The lowest BCUT2D eigenvalue weighted by Crippen LogP contribution is -1.91. The molecule has 1 aliphatic carbocycles. The van der Waals surface area contributed by atoms with E-state index in [0.717, 1.165) is 6.61 Å². The highest BCUT2D eigenvalue weighted by Crippen LogP contribution is 2.15. The highest BCUT2D eigenvalue weighted by molar-refractivity contribution is 5.19. The third kappa shape index (κ3) is 4.76. The first-order valence-electron chi connectivity index (χ1n) is 5.40. The molecule has 0 N–H and O–H groups in total. The van der Waals surface area contributed by atoms with Crippen LogP contribution in [0.5, 0.6) is 0 Å². The summed E-state index contributed by atoms with van der Waals surface area (Å²) in [7, 11) is 0. The summed E-state index contributed by atoms with van der Waals surface area (Å²) in [4.78, 5) is 0. The highest BCUT2D eigenvalue weighted by atomic mass is 16.5. The third-order valence-corrected chi connectivity index (χ3v) is 2.27. The van der Waals surface area contributed by atoms with Crippen molar-refractivity contribution >= 4 is 0 Å². The Hall–Kier alpha value is -0.720. The SMILES string of the molecule is CCCCCOC=C1C=CCCC1. The molecular weight excluding hydrogens is 160 g/mol. The number of hydrogen-bond donors (Lipinski definition) is 0. The minimum Gasteiger partial charge on any atom is -0.501 e. The Balaban J connectivity index is 2.08. The Morgan fingerprint density at radius 3 is 3.08 bits per heavy atom. The molecule has 1 heteroatoms. The number of hydrogen-bond acceptors (Lipinski definition) is 1. The fourth-order valence-electron chi connectivity index (χ4n) is 1.44. The smallest absolute Gasteiger partial charge is 0.0873 e. The fraction of sp³-hybridized carbons (Fsp3) is 0.667. The second-order valence-corrected chi connectivity index (χ2v) is 3.57. The first-order chi connectivity index (χ1) is 6.43. The summed E-state index contributed by atoms with van der Waals surface area (Å²) in [5.41, 5.74) is 1.35. The van der Waals surface area contributed by atoms with Gasteiger partial charge in [0.1, 0.15) is 0 Å². The minimum atomic E-state index is 0.880. The number of unbranched alkanes of at least 4 members (excludes halogenated alkanes) is 2. The van der Waals surface area contributed by atoms with E-state index in [4.69, 9.17) is 4.74 Å². The van der Waals surface area contributed by atoms with Crippen molar-refractivity contribution in [3.63, 3.8) is 0 Å². The van der Waals surface area contributed by atoms with Crippen LogP contribution in [-0.2, 0) is 4.74 Å². The number of rotatable bonds is 5. The van der Waals surface area contributed by atoms with Crippen LogP contribution >= 0.6 is 0 Å². The lowest BCUT2D eigenvalue weighted by Gasteiger charge is -2.07. The maximum Gasteiger partial charge on any atom is 0.0873 e. The lowest BCUT2D eigenvalue weighted by molar-refractivity contribution is 0.238. The highest BCUT2D eigenvalue weighted by Gasteiger charge is 1.98. The Kier molecular flexibility index (Phi) is 5.39. The van der Waals surface area contributed by atoms with E-state index in [0.29, 0.717) is 0 Å². The molecule has 0 bridgehead atoms. The zero-order chi connectivity index (χ0) is 9.36. The second-order valence-electron chi connectivity index (χ2n) is 3.57. The Labute approximate surface area is 81.5 Å². The van der Waals surface area contributed by atoms with E-state index < -0.39 is 0 Å². The molecule has 0 unspecified atom stereocenters. The fourth-order valence-corrected chi connectivity index (χ4v) is 1.44. The number of allylic oxidation sites excluding steroid dienone is 3. The lowest BCUT2D eigenvalue weighted by atomic mass is 10.0. The van der Waals surface area contributed by atoms with Crippen molar-refractivity contribution in [3.8, 4) is 0 Å². The Morgan fingerprint density at radius 1 is 1.46 bits per heavy atom. The van der Waals surface area contributed by atoms with Gasteiger partial charge < -0.3 is 4.74 Å². The van der Waals surface area contributed by atoms with Gasteiger partial charge in [-0.05, 0) is 31.3 Å². The molecule has 0 saturated heterocycles. The van der Waals surface area contributed by atoms with Gasteiger partial charge in [-0.2, -0.15) is 0 Å². The van der Waals surface area contributed by atoms with Gasteiger partial charge in [0.25, 0.3) is 0 Å². The van der Waals surface area contributed by atoms with Crippen molar-refractivity contribution in [3.05, 3.63) is 24.0 Å². The zero-order valence-corrected chi connectivity index (χ0v) is 8.59. The van der Waals surface area contributed by atoms with Crippen molar-refractivity contribution in [2.75, 3.05) is 6.61 Å². The Morgan fingerprint density at radius 2 is 2.38 bits per heavy atom. The van der Waals surface area contributed by atoms with Crippen LogP contribution in [0.2, 0.25) is 0 Å². The average Bonchev–Trinajstić information content (AvgIpc) is 2.19. The van der Waals surface area contributed by atoms with Gasteiger partial charge in [-0.15, -0.1) is 0 Å². The maximum absolute atomic E-state index is 5.46. The molecule has 1 rings (SSSR count). The maximum atomic E-state index is 5.46. The summed E-state index contributed by atoms with van der Waals surface area (Å²) in [6.45, 7) is 3.09. The van der Waals surface area contributed by atoms with Crippen LogP contribution in [0.3, 0.4) is 0 Å². The van der Waals surface area contributed by atoms with E-state index in [2.05, 4.69) is 19.1 Å². The molecular formula is C12H20O. The van der Waals surface area contributed by atoms with E-state index in [1.165, 1.54) is 44.1 Å².